The molecule has 1 aromatic heterocycles. The van der Waals surface area contributed by atoms with Crippen LogP contribution in [-0.2, 0) is 16.6 Å². The summed E-state index contributed by atoms with van der Waals surface area (Å²) in [6.45, 7) is 2.33. The van der Waals surface area contributed by atoms with E-state index >= 15 is 0 Å². The van der Waals surface area contributed by atoms with E-state index in [0.717, 1.165) is 5.56 Å². The molecule has 0 saturated heterocycles. The zero-order valence-electron chi connectivity index (χ0n) is 15.8. The van der Waals surface area contributed by atoms with Gasteiger partial charge in [-0.1, -0.05) is 12.1 Å². The molecular formula is C19H22FN3O4S. The summed E-state index contributed by atoms with van der Waals surface area (Å²) in [6.07, 6.45) is 0. The van der Waals surface area contributed by atoms with Crippen LogP contribution in [0.2, 0.25) is 0 Å². The van der Waals surface area contributed by atoms with Gasteiger partial charge in [-0.05, 0) is 50.8 Å². The van der Waals surface area contributed by atoms with Crippen molar-refractivity contribution in [1.82, 2.24) is 14.2 Å². The third-order valence-corrected chi connectivity index (χ3v) is 6.03. The third kappa shape index (κ3) is 4.01. The summed E-state index contributed by atoms with van der Waals surface area (Å²) in [5.74, 6) is -0.875. The maximum atomic E-state index is 13.2. The standard InChI is InChI=1S/C19H22FN3O4S/c1-4-23-16-10-9-15(11-18(16)27-19(23)24)28(25,26)21-12-17(22(2)3)13-5-7-14(20)8-6-13/h5-11,17,21H,4,12H2,1-3H3. The van der Waals surface area contributed by atoms with Crippen molar-refractivity contribution in [3.8, 4) is 0 Å². The number of nitrogens with one attached hydrogen (secondary N) is 1. The van der Waals surface area contributed by atoms with Gasteiger partial charge in [-0.15, -0.1) is 0 Å². The lowest BCUT2D eigenvalue weighted by atomic mass is 10.1. The zero-order chi connectivity index (χ0) is 20.5. The van der Waals surface area contributed by atoms with Crippen LogP contribution in [0.1, 0.15) is 18.5 Å². The Kier molecular flexibility index (Phi) is 5.69. The number of sulfonamides is 1. The van der Waals surface area contributed by atoms with Crippen LogP contribution in [0.4, 0.5) is 4.39 Å². The molecule has 1 atom stereocenters. The number of rotatable bonds is 7. The van der Waals surface area contributed by atoms with E-state index in [2.05, 4.69) is 4.72 Å². The van der Waals surface area contributed by atoms with Crippen LogP contribution in [0, 0.1) is 5.82 Å². The minimum Gasteiger partial charge on any atom is -0.408 e. The van der Waals surface area contributed by atoms with Crippen LogP contribution in [0.15, 0.2) is 56.6 Å². The highest BCUT2D eigenvalue weighted by Gasteiger charge is 2.21. The SMILES string of the molecule is CCn1c(=O)oc2cc(S(=O)(=O)NCC(c3ccc(F)cc3)N(C)C)ccc21. The monoisotopic (exact) mass is 407 g/mol. The molecule has 150 valence electrons. The van der Waals surface area contributed by atoms with Crippen molar-refractivity contribution in [3.05, 3.63) is 64.4 Å². The van der Waals surface area contributed by atoms with E-state index in [1.807, 2.05) is 19.0 Å². The highest BCUT2D eigenvalue weighted by Crippen LogP contribution is 2.21. The van der Waals surface area contributed by atoms with Crippen LogP contribution < -0.4 is 10.5 Å². The summed E-state index contributed by atoms with van der Waals surface area (Å²) in [5.41, 5.74) is 1.55. The normalized spacial score (nSPS) is 13.3. The van der Waals surface area contributed by atoms with Gasteiger partial charge in [0.25, 0.3) is 0 Å². The topological polar surface area (TPSA) is 84.5 Å². The molecule has 28 heavy (non-hydrogen) atoms. The third-order valence-electron chi connectivity index (χ3n) is 4.61. The number of halogens is 1. The Morgan fingerprint density at radius 2 is 1.86 bits per heavy atom. The predicted molar refractivity (Wildman–Crippen MR) is 104 cm³/mol. The zero-order valence-corrected chi connectivity index (χ0v) is 16.7. The number of hydrogen-bond acceptors (Lipinski definition) is 5. The summed E-state index contributed by atoms with van der Waals surface area (Å²) in [4.78, 5) is 13.7. The molecule has 9 heteroatoms. The maximum absolute atomic E-state index is 13.2. The van der Waals surface area contributed by atoms with Gasteiger partial charge in [0.2, 0.25) is 10.0 Å². The number of oxazole rings is 1. The Morgan fingerprint density at radius 1 is 1.18 bits per heavy atom. The van der Waals surface area contributed by atoms with E-state index < -0.39 is 15.8 Å². The fourth-order valence-corrected chi connectivity index (χ4v) is 4.12. The van der Waals surface area contributed by atoms with Crippen molar-refractivity contribution >= 4 is 21.1 Å². The van der Waals surface area contributed by atoms with Crippen LogP contribution in [-0.4, -0.2) is 38.5 Å². The highest BCUT2D eigenvalue weighted by molar-refractivity contribution is 7.89. The first kappa shape index (κ1) is 20.2. The molecule has 0 aliphatic carbocycles. The smallest absolute Gasteiger partial charge is 0.408 e. The Bertz CT molecular complexity index is 1130. The summed E-state index contributed by atoms with van der Waals surface area (Å²) in [5, 5.41) is 0. The quantitative estimate of drug-likeness (QED) is 0.650. The molecule has 0 spiro atoms. The maximum Gasteiger partial charge on any atom is 0.419 e. The van der Waals surface area contributed by atoms with Crippen molar-refractivity contribution in [2.45, 2.75) is 24.4 Å². The molecule has 1 unspecified atom stereocenters. The van der Waals surface area contributed by atoms with Gasteiger partial charge in [-0.3, -0.25) is 4.57 Å². The minimum absolute atomic E-state index is 0.00798. The first-order valence-electron chi connectivity index (χ1n) is 8.78. The Balaban J connectivity index is 1.85. The first-order chi connectivity index (χ1) is 13.2. The van der Waals surface area contributed by atoms with Gasteiger partial charge in [0.05, 0.1) is 10.4 Å². The average Bonchev–Trinajstić information content (AvgIpc) is 2.97. The van der Waals surface area contributed by atoms with Crippen LogP contribution in [0.25, 0.3) is 11.1 Å². The summed E-state index contributed by atoms with van der Waals surface area (Å²) in [7, 11) is -0.197. The van der Waals surface area contributed by atoms with Gasteiger partial charge >= 0.3 is 5.76 Å². The van der Waals surface area contributed by atoms with Crippen molar-refractivity contribution in [2.24, 2.45) is 0 Å². The second-order valence-corrected chi connectivity index (χ2v) is 8.39. The molecule has 7 nitrogen and oxygen atoms in total. The predicted octanol–water partition coefficient (Wildman–Crippen LogP) is 2.33. The van der Waals surface area contributed by atoms with Gasteiger partial charge < -0.3 is 9.32 Å². The number of nitrogens with zero attached hydrogens (tertiary/aromatic N) is 2. The number of likely N-dealkylation sites (N-methyl/N-ethyl adjacent to an activating group) is 1. The summed E-state index contributed by atoms with van der Waals surface area (Å²) < 4.78 is 47.8. The van der Waals surface area contributed by atoms with Crippen LogP contribution >= 0.6 is 0 Å². The van der Waals surface area contributed by atoms with Gasteiger partial charge in [0.15, 0.2) is 5.58 Å². The number of fused-ring (bicyclic) bond motifs is 1. The second kappa shape index (κ2) is 7.86. The number of benzene rings is 2. The largest absolute Gasteiger partial charge is 0.419 e. The number of aryl methyl sites for hydroxylation is 1. The van der Waals surface area contributed by atoms with E-state index in [1.54, 1.807) is 25.1 Å². The van der Waals surface area contributed by atoms with Gasteiger partial charge in [-0.25, -0.2) is 22.3 Å². The highest BCUT2D eigenvalue weighted by atomic mass is 32.2. The number of aromatic nitrogens is 1. The molecule has 2 aromatic carbocycles. The van der Waals surface area contributed by atoms with E-state index in [4.69, 9.17) is 4.42 Å². The van der Waals surface area contributed by atoms with Crippen molar-refractivity contribution in [3.63, 3.8) is 0 Å². The first-order valence-corrected chi connectivity index (χ1v) is 10.3. The van der Waals surface area contributed by atoms with E-state index in [-0.39, 0.29) is 28.9 Å². The van der Waals surface area contributed by atoms with Crippen LogP contribution in [0.3, 0.4) is 0 Å². The number of hydrogen-bond donors (Lipinski definition) is 1. The molecule has 0 amide bonds. The molecule has 1 heterocycles. The van der Waals surface area contributed by atoms with Crippen LogP contribution in [0.5, 0.6) is 0 Å². The minimum atomic E-state index is -3.83. The molecule has 0 bridgehead atoms. The lowest BCUT2D eigenvalue weighted by molar-refractivity contribution is 0.299. The molecule has 0 aliphatic rings. The van der Waals surface area contributed by atoms with E-state index in [9.17, 15) is 17.6 Å². The average molecular weight is 407 g/mol. The van der Waals surface area contributed by atoms with Crippen molar-refractivity contribution < 1.29 is 17.2 Å². The van der Waals surface area contributed by atoms with Gasteiger partial charge in [0, 0.05) is 25.2 Å². The molecule has 3 rings (SSSR count). The molecule has 3 aromatic rings. The molecule has 0 fully saturated rings. The fourth-order valence-electron chi connectivity index (χ4n) is 3.07. The lowest BCUT2D eigenvalue weighted by Crippen LogP contribution is -2.34. The summed E-state index contributed by atoms with van der Waals surface area (Å²) >= 11 is 0. The second-order valence-electron chi connectivity index (χ2n) is 6.62. The van der Waals surface area contributed by atoms with Crippen molar-refractivity contribution in [1.29, 1.82) is 0 Å². The Labute approximate surface area is 162 Å². The molecule has 0 saturated carbocycles. The lowest BCUT2D eigenvalue weighted by Gasteiger charge is -2.25. The summed E-state index contributed by atoms with van der Waals surface area (Å²) in [6, 6.07) is 10.00. The Hall–Kier alpha value is -2.49. The fraction of sp³-hybridized carbons (Fsp3) is 0.316. The van der Waals surface area contributed by atoms with E-state index in [0.29, 0.717) is 12.1 Å². The molecule has 1 N–H and O–H groups in total. The van der Waals surface area contributed by atoms with Crippen molar-refractivity contribution in [2.75, 3.05) is 20.6 Å². The molecule has 0 radical (unpaired) electrons. The van der Waals surface area contributed by atoms with Gasteiger partial charge in [0.1, 0.15) is 5.82 Å². The Morgan fingerprint density at radius 3 is 2.46 bits per heavy atom. The molecule has 0 aliphatic heterocycles. The molecular weight excluding hydrogens is 385 g/mol. The van der Waals surface area contributed by atoms with Gasteiger partial charge in [-0.2, -0.15) is 0 Å². The van der Waals surface area contributed by atoms with E-state index in [1.165, 1.54) is 28.8 Å².